The summed E-state index contributed by atoms with van der Waals surface area (Å²) in [5.41, 5.74) is 0. The van der Waals surface area contributed by atoms with E-state index in [1.54, 1.807) is 6.08 Å². The van der Waals surface area contributed by atoms with Crippen LogP contribution in [-0.4, -0.2) is 11.1 Å². The van der Waals surface area contributed by atoms with Crippen LogP contribution in [0.25, 0.3) is 0 Å². The number of aliphatic carboxylic acids is 1. The first-order valence-corrected chi connectivity index (χ1v) is 4.58. The molecule has 0 atom stereocenters. The van der Waals surface area contributed by atoms with E-state index in [2.05, 4.69) is 0 Å². The van der Waals surface area contributed by atoms with Gasteiger partial charge in [-0.25, -0.2) is 0 Å². The van der Waals surface area contributed by atoms with Crippen molar-refractivity contribution >= 4 is 27.2 Å². The first-order valence-electron chi connectivity index (χ1n) is 2.07. The molecule has 1 aliphatic heterocycles. The Bertz CT molecular complexity index is 169. The zero-order valence-electron chi connectivity index (χ0n) is 4.00. The van der Waals surface area contributed by atoms with Crippen molar-refractivity contribution in [2.75, 3.05) is 0 Å². The third-order valence-corrected chi connectivity index (χ3v) is 3.18. The Kier molecular flexibility index (Phi) is 1.67. The van der Waals surface area contributed by atoms with Crippen molar-refractivity contribution in [3.05, 3.63) is 19.8 Å². The Morgan fingerprint density at radius 3 is 2.75 bits per heavy atom. The van der Waals surface area contributed by atoms with Gasteiger partial charge >= 0.3 is 56.9 Å². The van der Waals surface area contributed by atoms with Gasteiger partial charge in [0, 0.05) is 0 Å². The number of carboxylic acids is 1. The molecule has 0 radical (unpaired) electrons. The summed E-state index contributed by atoms with van der Waals surface area (Å²) in [6.07, 6.45) is 3.48. The second-order valence-corrected chi connectivity index (χ2v) is 3.99. The summed E-state index contributed by atoms with van der Waals surface area (Å²) in [6.45, 7) is 0. The van der Waals surface area contributed by atoms with Crippen LogP contribution in [0.15, 0.2) is 19.8 Å². The molecule has 0 unspecified atom stereocenters. The van der Waals surface area contributed by atoms with Crippen LogP contribution in [-0.2, 0) is 4.79 Å². The summed E-state index contributed by atoms with van der Waals surface area (Å²) < 4.78 is 2.56. The molecule has 8 heavy (non-hydrogen) atoms. The zero-order chi connectivity index (χ0) is 5.98. The predicted molar refractivity (Wildman–Crippen MR) is 40.3 cm³/mol. The molecule has 0 aliphatic carbocycles. The second kappa shape index (κ2) is 2.30. The number of hydrogen-bond donors (Lipinski definition) is 1. The number of hydrogen-bond acceptors (Lipinski definition) is 1. The topological polar surface area (TPSA) is 37.3 Å². The van der Waals surface area contributed by atoms with Gasteiger partial charge in [0.2, 0.25) is 0 Å². The Labute approximate surface area is 57.2 Å². The molecule has 44 valence electrons. The average Bonchev–Trinajstić information content (AvgIpc) is 2.12. The van der Waals surface area contributed by atoms with E-state index in [-0.39, 0.29) is 0 Å². The van der Waals surface area contributed by atoms with Crippen LogP contribution in [0.3, 0.4) is 0 Å². The van der Waals surface area contributed by atoms with Gasteiger partial charge in [-0.2, -0.15) is 0 Å². The molecule has 1 heterocycles. The van der Waals surface area contributed by atoms with E-state index in [9.17, 15) is 4.79 Å². The first kappa shape index (κ1) is 5.81. The summed E-state index contributed by atoms with van der Waals surface area (Å²) in [7, 11) is 0. The van der Waals surface area contributed by atoms with E-state index in [1.165, 1.54) is 0 Å². The predicted octanol–water partition coefficient (Wildman–Crippen LogP) is 1.19. The molecule has 2 nitrogen and oxygen atoms in total. The summed E-state index contributed by atoms with van der Waals surface area (Å²) in [4.78, 5) is 10.1. The van der Waals surface area contributed by atoms with E-state index in [1.807, 2.05) is 10.2 Å². The van der Waals surface area contributed by atoms with Crippen LogP contribution in [0.2, 0.25) is 0 Å². The number of allylic oxidation sites excluding steroid dienone is 2. The summed E-state index contributed by atoms with van der Waals surface area (Å²) in [6, 6.07) is 0. The standard InChI is InChI=1S/C5H5IO2/c7-5(8)4-2-1-3-6-4/h1-3,6H,(H,7,8). The van der Waals surface area contributed by atoms with Gasteiger partial charge in [0.15, 0.2) is 0 Å². The zero-order valence-corrected chi connectivity index (χ0v) is 6.33. The second-order valence-electron chi connectivity index (χ2n) is 1.28. The molecule has 1 aliphatic rings. The third kappa shape index (κ3) is 1.09. The fourth-order valence-electron chi connectivity index (χ4n) is 0.400. The molecular weight excluding hydrogens is 219 g/mol. The van der Waals surface area contributed by atoms with Crippen molar-refractivity contribution < 1.29 is 9.90 Å². The minimum atomic E-state index is -0.752. The average molecular weight is 224 g/mol. The molecular formula is C5H5IO2. The van der Waals surface area contributed by atoms with E-state index in [0.717, 1.165) is 0 Å². The Balaban J connectivity index is 2.64. The molecule has 0 fully saturated rings. The number of carboxylic acid groups (broad SMARTS) is 1. The minimum absolute atomic E-state index is 0.440. The van der Waals surface area contributed by atoms with Crippen molar-refractivity contribution in [3.63, 3.8) is 0 Å². The number of rotatable bonds is 1. The monoisotopic (exact) mass is 224 g/mol. The van der Waals surface area contributed by atoms with Crippen molar-refractivity contribution in [2.45, 2.75) is 0 Å². The summed E-state index contributed by atoms with van der Waals surface area (Å²) in [5, 5.41) is 8.34. The SMILES string of the molecule is O=C(O)C1=CC=C[IH]1. The molecule has 1 N–H and O–H groups in total. The summed E-state index contributed by atoms with van der Waals surface area (Å²) >= 11 is -0.440. The number of carbonyl (C=O) groups is 1. The van der Waals surface area contributed by atoms with Gasteiger partial charge in [-0.15, -0.1) is 0 Å². The van der Waals surface area contributed by atoms with Crippen LogP contribution >= 0.6 is 21.2 Å². The normalized spacial score (nSPS) is 17.2. The maximum absolute atomic E-state index is 10.1. The quantitative estimate of drug-likeness (QED) is 0.679. The Hall–Kier alpha value is -0.320. The van der Waals surface area contributed by atoms with Gasteiger partial charge in [0.1, 0.15) is 0 Å². The maximum atomic E-state index is 10.1. The molecule has 0 amide bonds. The van der Waals surface area contributed by atoms with Crippen molar-refractivity contribution in [1.82, 2.24) is 0 Å². The van der Waals surface area contributed by atoms with Crippen LogP contribution in [0.4, 0.5) is 0 Å². The Morgan fingerprint density at radius 2 is 2.50 bits per heavy atom. The van der Waals surface area contributed by atoms with E-state index in [0.29, 0.717) is 3.58 Å². The van der Waals surface area contributed by atoms with E-state index < -0.39 is 27.2 Å². The summed E-state index contributed by atoms with van der Waals surface area (Å²) in [5.74, 6) is -0.752. The van der Waals surface area contributed by atoms with Gasteiger partial charge in [-0.3, -0.25) is 0 Å². The number of halogens is 1. The van der Waals surface area contributed by atoms with Crippen LogP contribution < -0.4 is 0 Å². The van der Waals surface area contributed by atoms with Crippen molar-refractivity contribution in [3.8, 4) is 0 Å². The fraction of sp³-hybridized carbons (Fsp3) is 0. The van der Waals surface area contributed by atoms with Gasteiger partial charge in [-0.05, 0) is 0 Å². The van der Waals surface area contributed by atoms with Crippen LogP contribution in [0, 0.1) is 0 Å². The van der Waals surface area contributed by atoms with Crippen LogP contribution in [0.5, 0.6) is 0 Å². The van der Waals surface area contributed by atoms with E-state index >= 15 is 0 Å². The fourth-order valence-corrected chi connectivity index (χ4v) is 2.00. The van der Waals surface area contributed by atoms with Gasteiger partial charge in [-0.1, -0.05) is 0 Å². The molecule has 0 bridgehead atoms. The molecule has 0 saturated heterocycles. The van der Waals surface area contributed by atoms with Gasteiger partial charge in [0.05, 0.1) is 0 Å². The van der Waals surface area contributed by atoms with Gasteiger partial charge in [0.25, 0.3) is 0 Å². The molecule has 0 spiro atoms. The van der Waals surface area contributed by atoms with Crippen molar-refractivity contribution in [2.24, 2.45) is 0 Å². The molecule has 1 rings (SSSR count). The molecule has 0 aromatic rings. The van der Waals surface area contributed by atoms with Gasteiger partial charge < -0.3 is 0 Å². The van der Waals surface area contributed by atoms with Crippen LogP contribution in [0.1, 0.15) is 0 Å². The molecule has 0 aromatic carbocycles. The molecule has 0 aromatic heterocycles. The first-order chi connectivity index (χ1) is 3.80. The molecule has 0 saturated carbocycles. The molecule has 3 heteroatoms. The van der Waals surface area contributed by atoms with E-state index in [4.69, 9.17) is 5.11 Å². The Morgan fingerprint density at radius 1 is 1.75 bits per heavy atom. The van der Waals surface area contributed by atoms with Crippen molar-refractivity contribution in [1.29, 1.82) is 0 Å². The third-order valence-electron chi connectivity index (χ3n) is 0.732.